The Kier molecular flexibility index (Phi) is 4.17. The highest BCUT2D eigenvalue weighted by Gasteiger charge is 2.19. The van der Waals surface area contributed by atoms with Gasteiger partial charge in [-0.1, -0.05) is 24.6 Å². The average molecular weight is 273 g/mol. The number of carboxylic acid groups (broad SMARTS) is 1. The maximum Gasteiger partial charge on any atom is 0.358 e. The Balaban J connectivity index is 2.52. The lowest BCUT2D eigenvalue weighted by atomic mass is 10.1. The van der Waals surface area contributed by atoms with Gasteiger partial charge in [0.25, 0.3) is 0 Å². The molecule has 0 unspecified atom stereocenters. The van der Waals surface area contributed by atoms with E-state index in [4.69, 9.17) is 0 Å². The van der Waals surface area contributed by atoms with E-state index in [0.717, 1.165) is 29.7 Å². The van der Waals surface area contributed by atoms with Crippen LogP contribution in [0.1, 0.15) is 47.1 Å². The van der Waals surface area contributed by atoms with Crippen LogP contribution in [0.15, 0.2) is 18.2 Å². The van der Waals surface area contributed by atoms with Crippen molar-refractivity contribution in [2.24, 2.45) is 0 Å². The molecule has 0 aliphatic carbocycles. The number of rotatable bonds is 5. The molecule has 0 bridgehead atoms. The minimum atomic E-state index is -1.02. The molecule has 5 nitrogen and oxygen atoms in total. The van der Waals surface area contributed by atoms with Crippen molar-refractivity contribution in [1.29, 1.82) is 0 Å². The van der Waals surface area contributed by atoms with Crippen molar-refractivity contribution < 1.29 is 9.90 Å². The lowest BCUT2D eigenvalue weighted by Crippen LogP contribution is -2.07. The van der Waals surface area contributed by atoms with Crippen LogP contribution in [-0.4, -0.2) is 26.1 Å². The monoisotopic (exact) mass is 273 g/mol. The number of carbonyl (C=O) groups is 1. The Hall–Kier alpha value is -2.17. The molecule has 1 aromatic heterocycles. The predicted molar refractivity (Wildman–Crippen MR) is 76.4 cm³/mol. The van der Waals surface area contributed by atoms with Crippen molar-refractivity contribution in [3.05, 3.63) is 40.7 Å². The Morgan fingerprint density at radius 2 is 1.90 bits per heavy atom. The molecule has 0 spiro atoms. The summed E-state index contributed by atoms with van der Waals surface area (Å²) in [6.45, 7) is 6.10. The van der Waals surface area contributed by atoms with Gasteiger partial charge in [0.05, 0.1) is 11.4 Å². The van der Waals surface area contributed by atoms with E-state index < -0.39 is 5.97 Å². The Morgan fingerprint density at radius 1 is 1.25 bits per heavy atom. The van der Waals surface area contributed by atoms with E-state index in [1.807, 2.05) is 26.0 Å². The summed E-state index contributed by atoms with van der Waals surface area (Å²) in [6.07, 6.45) is 2.58. The highest BCUT2D eigenvalue weighted by Crippen LogP contribution is 2.18. The highest BCUT2D eigenvalue weighted by molar-refractivity contribution is 5.86. The molecule has 0 atom stereocenters. The van der Waals surface area contributed by atoms with Crippen molar-refractivity contribution in [1.82, 2.24) is 15.0 Å². The number of hydrogen-bond acceptors (Lipinski definition) is 3. The summed E-state index contributed by atoms with van der Waals surface area (Å²) in [5.74, 6) is -1.02. The van der Waals surface area contributed by atoms with E-state index in [1.165, 1.54) is 0 Å². The smallest absolute Gasteiger partial charge is 0.358 e. The minimum absolute atomic E-state index is 0.0533. The van der Waals surface area contributed by atoms with E-state index >= 15 is 0 Å². The molecule has 0 amide bonds. The SMILES string of the molecule is CCCCc1c(C(=O)O)nnn1-c1cc(C)cc(C)c1. The lowest BCUT2D eigenvalue weighted by molar-refractivity contribution is 0.0689. The molecule has 5 heteroatoms. The normalized spacial score (nSPS) is 10.8. The molecule has 106 valence electrons. The molecule has 0 saturated carbocycles. The molecule has 0 radical (unpaired) electrons. The first kappa shape index (κ1) is 14.2. The third-order valence-electron chi connectivity index (χ3n) is 3.18. The zero-order valence-electron chi connectivity index (χ0n) is 12.1. The molecule has 0 fully saturated rings. The van der Waals surface area contributed by atoms with Gasteiger partial charge in [-0.2, -0.15) is 0 Å². The molecular weight excluding hydrogens is 254 g/mol. The first-order valence-corrected chi connectivity index (χ1v) is 6.79. The van der Waals surface area contributed by atoms with Crippen molar-refractivity contribution in [3.63, 3.8) is 0 Å². The molecule has 20 heavy (non-hydrogen) atoms. The van der Waals surface area contributed by atoms with Crippen LogP contribution < -0.4 is 0 Å². The molecule has 2 rings (SSSR count). The fourth-order valence-electron chi connectivity index (χ4n) is 2.32. The van der Waals surface area contributed by atoms with Gasteiger partial charge in [-0.15, -0.1) is 5.10 Å². The summed E-state index contributed by atoms with van der Waals surface area (Å²) in [6, 6.07) is 6.05. The van der Waals surface area contributed by atoms with Gasteiger partial charge in [-0.3, -0.25) is 0 Å². The third-order valence-corrected chi connectivity index (χ3v) is 3.18. The maximum absolute atomic E-state index is 11.2. The molecule has 2 aromatic rings. The number of nitrogens with zero attached hydrogens (tertiary/aromatic N) is 3. The molecular formula is C15H19N3O2. The zero-order chi connectivity index (χ0) is 14.7. The van der Waals surface area contributed by atoms with Crippen LogP contribution in [0.2, 0.25) is 0 Å². The summed E-state index contributed by atoms with van der Waals surface area (Å²) in [7, 11) is 0. The van der Waals surface area contributed by atoms with Crippen LogP contribution in [-0.2, 0) is 6.42 Å². The second-order valence-corrected chi connectivity index (χ2v) is 5.05. The summed E-state index contributed by atoms with van der Waals surface area (Å²) in [5.41, 5.74) is 3.83. The quantitative estimate of drug-likeness (QED) is 0.909. The van der Waals surface area contributed by atoms with Gasteiger partial charge >= 0.3 is 5.97 Å². The largest absolute Gasteiger partial charge is 0.476 e. The van der Waals surface area contributed by atoms with Crippen LogP contribution in [0, 0.1) is 13.8 Å². The summed E-state index contributed by atoms with van der Waals surface area (Å²) >= 11 is 0. The summed E-state index contributed by atoms with van der Waals surface area (Å²) in [5, 5.41) is 17.1. The van der Waals surface area contributed by atoms with E-state index in [0.29, 0.717) is 12.1 Å². The zero-order valence-corrected chi connectivity index (χ0v) is 12.1. The molecule has 0 aliphatic heterocycles. The topological polar surface area (TPSA) is 68.0 Å². The van der Waals surface area contributed by atoms with Crippen LogP contribution in [0.4, 0.5) is 0 Å². The van der Waals surface area contributed by atoms with E-state index in [9.17, 15) is 9.90 Å². The summed E-state index contributed by atoms with van der Waals surface area (Å²) < 4.78 is 1.65. The van der Waals surface area contributed by atoms with Gasteiger partial charge in [0, 0.05) is 0 Å². The Labute approximate surface area is 118 Å². The second-order valence-electron chi connectivity index (χ2n) is 5.05. The van der Waals surface area contributed by atoms with Gasteiger partial charge in [-0.25, -0.2) is 9.48 Å². The number of unbranched alkanes of at least 4 members (excludes halogenated alkanes) is 1. The molecule has 1 aromatic carbocycles. The average Bonchev–Trinajstić information content (AvgIpc) is 2.78. The first-order chi connectivity index (χ1) is 9.52. The van der Waals surface area contributed by atoms with Crippen molar-refractivity contribution in [3.8, 4) is 5.69 Å². The number of aromatic nitrogens is 3. The van der Waals surface area contributed by atoms with Gasteiger partial charge in [-0.05, 0) is 49.9 Å². The number of aryl methyl sites for hydroxylation is 2. The standard InChI is InChI=1S/C15H19N3O2/c1-4-5-6-13-14(15(19)20)16-17-18(13)12-8-10(2)7-11(3)9-12/h7-9H,4-6H2,1-3H3,(H,19,20). The fourth-order valence-corrected chi connectivity index (χ4v) is 2.32. The van der Waals surface area contributed by atoms with Crippen molar-refractivity contribution >= 4 is 5.97 Å². The van der Waals surface area contributed by atoms with E-state index in [1.54, 1.807) is 4.68 Å². The van der Waals surface area contributed by atoms with Crippen LogP contribution in [0.3, 0.4) is 0 Å². The van der Waals surface area contributed by atoms with Gasteiger partial charge in [0.15, 0.2) is 5.69 Å². The molecule has 1 N–H and O–H groups in total. The van der Waals surface area contributed by atoms with Crippen LogP contribution >= 0.6 is 0 Å². The lowest BCUT2D eigenvalue weighted by Gasteiger charge is -2.08. The van der Waals surface area contributed by atoms with E-state index in [2.05, 4.69) is 23.3 Å². The van der Waals surface area contributed by atoms with Crippen molar-refractivity contribution in [2.75, 3.05) is 0 Å². The van der Waals surface area contributed by atoms with Crippen molar-refractivity contribution in [2.45, 2.75) is 40.0 Å². The van der Waals surface area contributed by atoms with E-state index in [-0.39, 0.29) is 5.69 Å². The number of benzene rings is 1. The third kappa shape index (κ3) is 2.87. The van der Waals surface area contributed by atoms with Crippen LogP contribution in [0.25, 0.3) is 5.69 Å². The maximum atomic E-state index is 11.2. The second kappa shape index (κ2) is 5.86. The minimum Gasteiger partial charge on any atom is -0.476 e. The van der Waals surface area contributed by atoms with Gasteiger partial charge < -0.3 is 5.11 Å². The number of hydrogen-bond donors (Lipinski definition) is 1. The molecule has 0 saturated heterocycles. The molecule has 1 heterocycles. The Bertz CT molecular complexity index is 612. The predicted octanol–water partition coefficient (Wildman–Crippen LogP) is 2.92. The first-order valence-electron chi connectivity index (χ1n) is 6.79. The van der Waals surface area contributed by atoms with Gasteiger partial charge in [0.2, 0.25) is 0 Å². The van der Waals surface area contributed by atoms with Crippen LogP contribution in [0.5, 0.6) is 0 Å². The number of aromatic carboxylic acids is 1. The van der Waals surface area contributed by atoms with Gasteiger partial charge in [0.1, 0.15) is 0 Å². The highest BCUT2D eigenvalue weighted by atomic mass is 16.4. The summed E-state index contributed by atoms with van der Waals surface area (Å²) in [4.78, 5) is 11.2. The number of carboxylic acids is 1. The fraction of sp³-hybridized carbons (Fsp3) is 0.400. The Morgan fingerprint density at radius 3 is 2.45 bits per heavy atom. The molecule has 0 aliphatic rings.